The van der Waals surface area contributed by atoms with Crippen molar-refractivity contribution in [3.05, 3.63) is 6.61 Å². The Morgan fingerprint density at radius 2 is 1.81 bits per heavy atom. The van der Waals surface area contributed by atoms with Crippen molar-refractivity contribution < 1.29 is 23.7 Å². The van der Waals surface area contributed by atoms with Gasteiger partial charge in [0.15, 0.2) is 0 Å². The number of hydrogen-bond donors (Lipinski definition) is 0. The van der Waals surface area contributed by atoms with Crippen LogP contribution >= 0.6 is 35.0 Å². The SMILES string of the molecule is COCCO[CH]C(OCCCl)(OCCCl)C1OCCCC1C1CCCCS1. The summed E-state index contributed by atoms with van der Waals surface area (Å²) in [5.41, 5.74) is 0. The molecule has 159 valence electrons. The minimum atomic E-state index is -1.11. The monoisotopic (exact) mass is 443 g/mol. The molecule has 0 spiro atoms. The van der Waals surface area contributed by atoms with E-state index in [2.05, 4.69) is 11.8 Å². The highest BCUT2D eigenvalue weighted by molar-refractivity contribution is 7.99. The molecule has 0 aromatic rings. The number of alkyl halides is 2. The van der Waals surface area contributed by atoms with Crippen LogP contribution in [0.1, 0.15) is 32.1 Å². The molecule has 5 nitrogen and oxygen atoms in total. The minimum absolute atomic E-state index is 0.240. The van der Waals surface area contributed by atoms with Crippen molar-refractivity contribution in [2.75, 3.05) is 57.7 Å². The number of ether oxygens (including phenoxy) is 5. The Hall–Kier alpha value is 0.730. The van der Waals surface area contributed by atoms with Gasteiger partial charge in [-0.1, -0.05) is 6.42 Å². The quantitative estimate of drug-likeness (QED) is 0.242. The Balaban J connectivity index is 2.18. The van der Waals surface area contributed by atoms with E-state index in [-0.39, 0.29) is 6.10 Å². The van der Waals surface area contributed by atoms with Crippen LogP contribution in [-0.4, -0.2) is 74.8 Å². The van der Waals surface area contributed by atoms with E-state index in [1.165, 1.54) is 25.0 Å². The molecule has 27 heavy (non-hydrogen) atoms. The third-order valence-corrected chi connectivity index (χ3v) is 6.77. The van der Waals surface area contributed by atoms with E-state index in [1.54, 1.807) is 13.7 Å². The first-order valence-corrected chi connectivity index (χ1v) is 12.0. The van der Waals surface area contributed by atoms with Gasteiger partial charge in [0.2, 0.25) is 5.79 Å². The largest absolute Gasteiger partial charge is 0.382 e. The van der Waals surface area contributed by atoms with Gasteiger partial charge in [-0.05, 0) is 31.4 Å². The summed E-state index contributed by atoms with van der Waals surface area (Å²) in [4.78, 5) is 0. The first-order chi connectivity index (χ1) is 13.3. The summed E-state index contributed by atoms with van der Waals surface area (Å²) < 4.78 is 29.4. The molecule has 2 fully saturated rings. The normalized spacial score (nSPS) is 27.0. The van der Waals surface area contributed by atoms with Gasteiger partial charge < -0.3 is 23.7 Å². The Morgan fingerprint density at radius 3 is 2.44 bits per heavy atom. The van der Waals surface area contributed by atoms with Crippen LogP contribution in [0.15, 0.2) is 0 Å². The molecular weight excluding hydrogens is 411 g/mol. The van der Waals surface area contributed by atoms with E-state index < -0.39 is 5.79 Å². The number of thioether (sulfide) groups is 1. The van der Waals surface area contributed by atoms with Gasteiger partial charge in [0, 0.05) is 36.6 Å². The zero-order valence-corrected chi connectivity index (χ0v) is 18.5. The van der Waals surface area contributed by atoms with Gasteiger partial charge in [-0.15, -0.1) is 23.2 Å². The molecule has 1 radical (unpaired) electrons. The molecule has 3 atom stereocenters. The molecule has 8 heteroatoms. The van der Waals surface area contributed by atoms with E-state index in [1.807, 2.05) is 0 Å². The Bertz CT molecular complexity index is 377. The predicted octanol–water partition coefficient (Wildman–Crippen LogP) is 4.10. The molecule has 0 aromatic carbocycles. The van der Waals surface area contributed by atoms with Gasteiger partial charge in [0.05, 0.1) is 26.4 Å². The highest BCUT2D eigenvalue weighted by Gasteiger charge is 2.50. The molecule has 0 aromatic heterocycles. The summed E-state index contributed by atoms with van der Waals surface area (Å²) in [7, 11) is 1.64. The number of methoxy groups -OCH3 is 1. The lowest BCUT2D eigenvalue weighted by molar-refractivity contribution is -0.303. The van der Waals surface area contributed by atoms with Gasteiger partial charge in [-0.3, -0.25) is 0 Å². The van der Waals surface area contributed by atoms with Crippen molar-refractivity contribution in [1.82, 2.24) is 0 Å². The Labute approximate surface area is 178 Å². The summed E-state index contributed by atoms with van der Waals surface area (Å²) in [6, 6.07) is 0. The molecule has 2 aliphatic rings. The van der Waals surface area contributed by atoms with Crippen molar-refractivity contribution in [2.24, 2.45) is 5.92 Å². The van der Waals surface area contributed by atoms with Gasteiger partial charge in [-0.2, -0.15) is 11.8 Å². The predicted molar refractivity (Wildman–Crippen MR) is 111 cm³/mol. The highest BCUT2D eigenvalue weighted by Crippen LogP contribution is 2.43. The maximum absolute atomic E-state index is 6.27. The van der Waals surface area contributed by atoms with Crippen molar-refractivity contribution in [3.8, 4) is 0 Å². The molecule has 0 N–H and O–H groups in total. The molecule has 2 rings (SSSR count). The summed E-state index contributed by atoms with van der Waals surface area (Å²) in [6.07, 6.45) is 5.69. The van der Waals surface area contributed by atoms with Crippen molar-refractivity contribution in [2.45, 2.75) is 49.2 Å². The van der Waals surface area contributed by atoms with Crippen LogP contribution in [0.3, 0.4) is 0 Å². The Kier molecular flexibility index (Phi) is 12.3. The average Bonchev–Trinajstić information content (AvgIpc) is 2.73. The topological polar surface area (TPSA) is 46.2 Å². The third-order valence-electron chi connectivity index (χ3n) is 4.92. The maximum atomic E-state index is 6.27. The molecule has 2 saturated heterocycles. The van der Waals surface area contributed by atoms with Crippen LogP contribution in [0.2, 0.25) is 0 Å². The second-order valence-electron chi connectivity index (χ2n) is 6.78. The van der Waals surface area contributed by atoms with Crippen molar-refractivity contribution in [1.29, 1.82) is 0 Å². The molecule has 0 saturated carbocycles. The van der Waals surface area contributed by atoms with Crippen LogP contribution < -0.4 is 0 Å². The van der Waals surface area contributed by atoms with Crippen LogP contribution in [0.5, 0.6) is 0 Å². The molecule has 0 amide bonds. The summed E-state index contributed by atoms with van der Waals surface area (Å²) in [5, 5.41) is 0.551. The highest BCUT2D eigenvalue weighted by atomic mass is 35.5. The summed E-state index contributed by atoms with van der Waals surface area (Å²) >= 11 is 13.9. The van der Waals surface area contributed by atoms with E-state index in [9.17, 15) is 0 Å². The Morgan fingerprint density at radius 1 is 1.04 bits per heavy atom. The first-order valence-electron chi connectivity index (χ1n) is 9.85. The molecule has 2 heterocycles. The summed E-state index contributed by atoms with van der Waals surface area (Å²) in [6.45, 7) is 3.94. The zero-order chi connectivity index (χ0) is 19.4. The van der Waals surface area contributed by atoms with Gasteiger partial charge in [-0.25, -0.2) is 0 Å². The molecule has 3 unspecified atom stereocenters. The average molecular weight is 444 g/mol. The first kappa shape index (κ1) is 24.0. The van der Waals surface area contributed by atoms with E-state index >= 15 is 0 Å². The van der Waals surface area contributed by atoms with Crippen molar-refractivity contribution >= 4 is 35.0 Å². The molecular formula is C19H33Cl2O5S. The molecule has 0 bridgehead atoms. The van der Waals surface area contributed by atoms with E-state index in [0.29, 0.717) is 56.0 Å². The van der Waals surface area contributed by atoms with E-state index in [0.717, 1.165) is 12.8 Å². The number of hydrogen-bond acceptors (Lipinski definition) is 6. The zero-order valence-electron chi connectivity index (χ0n) is 16.2. The fourth-order valence-corrected chi connectivity index (χ4v) is 5.43. The number of rotatable bonds is 13. The van der Waals surface area contributed by atoms with Crippen LogP contribution in [0.4, 0.5) is 0 Å². The lowest BCUT2D eigenvalue weighted by Crippen LogP contribution is -2.57. The summed E-state index contributed by atoms with van der Waals surface area (Å²) in [5.74, 6) is 1.18. The lowest BCUT2D eigenvalue weighted by atomic mass is 9.84. The van der Waals surface area contributed by atoms with Gasteiger partial charge in [0.25, 0.3) is 0 Å². The van der Waals surface area contributed by atoms with Crippen molar-refractivity contribution in [3.63, 3.8) is 0 Å². The third kappa shape index (κ3) is 7.49. The maximum Gasteiger partial charge on any atom is 0.225 e. The van der Waals surface area contributed by atoms with Crippen LogP contribution in [-0.2, 0) is 23.7 Å². The van der Waals surface area contributed by atoms with E-state index in [4.69, 9.17) is 46.9 Å². The lowest BCUT2D eigenvalue weighted by Gasteiger charge is -2.47. The second-order valence-corrected chi connectivity index (χ2v) is 8.88. The number of halogens is 2. The van der Waals surface area contributed by atoms with Crippen LogP contribution in [0, 0.1) is 12.5 Å². The molecule has 0 aliphatic carbocycles. The van der Waals surface area contributed by atoms with Gasteiger partial charge in [0.1, 0.15) is 12.7 Å². The standard InChI is InChI=1S/C19H33Cl2O5S/c1-22-12-13-23-15-19(25-10-7-20,26-11-8-21)18-16(5-4-9-24-18)17-6-2-3-14-27-17/h15-18H,2-14H2,1H3. The minimum Gasteiger partial charge on any atom is -0.382 e. The van der Waals surface area contributed by atoms with Gasteiger partial charge >= 0.3 is 0 Å². The fraction of sp³-hybridized carbons (Fsp3) is 0.947. The smallest absolute Gasteiger partial charge is 0.225 e. The fourth-order valence-electron chi connectivity index (χ4n) is 3.75. The molecule has 2 aliphatic heterocycles. The van der Waals surface area contributed by atoms with Crippen LogP contribution in [0.25, 0.3) is 0 Å². The second kappa shape index (κ2) is 13.9.